The van der Waals surface area contributed by atoms with E-state index in [4.69, 9.17) is 16.0 Å². The van der Waals surface area contributed by atoms with Gasteiger partial charge in [0.25, 0.3) is 0 Å². The maximum atomic E-state index is 14.2. The van der Waals surface area contributed by atoms with E-state index in [-0.39, 0.29) is 12.6 Å². The number of hydrogen-bond acceptors (Lipinski definition) is 6. The average Bonchev–Trinajstić information content (AvgIpc) is 3.34. The highest BCUT2D eigenvalue weighted by Gasteiger charge is 2.24. The lowest BCUT2D eigenvalue weighted by atomic mass is 10.0. The highest BCUT2D eigenvalue weighted by Crippen LogP contribution is 2.38. The van der Waals surface area contributed by atoms with Crippen LogP contribution in [0.4, 0.5) is 16.2 Å². The number of benzene rings is 3. The van der Waals surface area contributed by atoms with Gasteiger partial charge in [0.15, 0.2) is 0 Å². The van der Waals surface area contributed by atoms with Gasteiger partial charge in [-0.1, -0.05) is 47.5 Å². The van der Waals surface area contributed by atoms with E-state index in [1.54, 1.807) is 16.7 Å². The van der Waals surface area contributed by atoms with E-state index in [0.29, 0.717) is 17.3 Å². The van der Waals surface area contributed by atoms with Gasteiger partial charge in [-0.15, -0.1) is 23.5 Å². The molecule has 0 saturated heterocycles. The molecular weight excluding hydrogens is 596 g/mol. The number of urea groups is 1. The normalized spacial score (nSPS) is 11.1. The number of anilines is 2. The Labute approximate surface area is 266 Å². The summed E-state index contributed by atoms with van der Waals surface area (Å²) in [5.74, 6) is 0.709. The maximum Gasteiger partial charge on any atom is 0.322 e. The monoisotopic (exact) mass is 630 g/mol. The zero-order valence-corrected chi connectivity index (χ0v) is 27.6. The third kappa shape index (κ3) is 6.98. The van der Waals surface area contributed by atoms with Gasteiger partial charge in [0.05, 0.1) is 12.2 Å². The first-order valence-electron chi connectivity index (χ1n) is 13.9. The van der Waals surface area contributed by atoms with Gasteiger partial charge in [0.1, 0.15) is 16.4 Å². The Kier molecular flexibility index (Phi) is 9.59. The highest BCUT2D eigenvalue weighted by molar-refractivity contribution is 7.99. The Morgan fingerprint density at radius 3 is 2.30 bits per heavy atom. The van der Waals surface area contributed by atoms with Crippen LogP contribution in [-0.4, -0.2) is 42.5 Å². The predicted octanol–water partition coefficient (Wildman–Crippen LogP) is 9.51. The summed E-state index contributed by atoms with van der Waals surface area (Å²) in [6, 6.07) is 23.9. The molecule has 5 aromatic rings. The minimum atomic E-state index is -0.230. The number of halogens is 1. The smallest absolute Gasteiger partial charge is 0.322 e. The van der Waals surface area contributed by atoms with Crippen LogP contribution in [0.3, 0.4) is 0 Å². The molecule has 5 rings (SSSR count). The number of aromatic nitrogens is 1. The van der Waals surface area contributed by atoms with Crippen molar-refractivity contribution < 1.29 is 9.21 Å². The quantitative estimate of drug-likeness (QED) is 0.164. The van der Waals surface area contributed by atoms with Gasteiger partial charge in [0.2, 0.25) is 0 Å². The number of carbonyl (C=O) groups excluding carboxylic acids is 1. The number of pyridine rings is 1. The van der Waals surface area contributed by atoms with Crippen molar-refractivity contribution in [2.45, 2.75) is 36.9 Å². The lowest BCUT2D eigenvalue weighted by Crippen LogP contribution is -2.34. The van der Waals surface area contributed by atoms with Crippen LogP contribution in [0.1, 0.15) is 22.6 Å². The summed E-state index contributed by atoms with van der Waals surface area (Å²) in [6.07, 6.45) is 3.98. The van der Waals surface area contributed by atoms with E-state index in [1.165, 1.54) is 11.8 Å². The molecule has 1 N–H and O–H groups in total. The summed E-state index contributed by atoms with van der Waals surface area (Å²) in [6.45, 7) is 4.68. The molecule has 0 bridgehead atoms. The molecule has 0 fully saturated rings. The number of amides is 2. The van der Waals surface area contributed by atoms with Crippen LogP contribution in [0.15, 0.2) is 87.1 Å². The van der Waals surface area contributed by atoms with Crippen molar-refractivity contribution in [1.29, 1.82) is 0 Å². The van der Waals surface area contributed by atoms with E-state index < -0.39 is 0 Å². The van der Waals surface area contributed by atoms with Gasteiger partial charge in [-0.3, -0.25) is 0 Å². The van der Waals surface area contributed by atoms with Crippen LogP contribution in [0.2, 0.25) is 5.02 Å². The Morgan fingerprint density at radius 2 is 1.65 bits per heavy atom. The van der Waals surface area contributed by atoms with E-state index in [1.807, 2.05) is 76.0 Å². The summed E-state index contributed by atoms with van der Waals surface area (Å²) >= 11 is 9.35. The first-order chi connectivity index (χ1) is 20.7. The molecule has 0 aliphatic carbocycles. The highest BCUT2D eigenvalue weighted by atomic mass is 35.5. The van der Waals surface area contributed by atoms with Crippen molar-refractivity contribution in [3.05, 3.63) is 100 Å². The minimum Gasteiger partial charge on any atom is -0.459 e. The summed E-state index contributed by atoms with van der Waals surface area (Å²) < 4.78 is 6.48. The number of nitrogens with one attached hydrogen (secondary N) is 1. The van der Waals surface area contributed by atoms with Crippen molar-refractivity contribution in [1.82, 2.24) is 9.88 Å². The number of carbonyl (C=O) groups is 1. The van der Waals surface area contributed by atoms with Crippen molar-refractivity contribution in [3.8, 4) is 11.1 Å². The molecule has 3 aromatic carbocycles. The topological polar surface area (TPSA) is 61.6 Å². The Bertz CT molecular complexity index is 1730. The van der Waals surface area contributed by atoms with Crippen LogP contribution >= 0.6 is 35.1 Å². The fourth-order valence-corrected chi connectivity index (χ4v) is 6.46. The second-order valence-corrected chi connectivity index (χ2v) is 12.7. The van der Waals surface area contributed by atoms with Gasteiger partial charge >= 0.3 is 6.03 Å². The van der Waals surface area contributed by atoms with Crippen LogP contribution < -0.4 is 10.2 Å². The van der Waals surface area contributed by atoms with Crippen molar-refractivity contribution in [2.24, 2.45) is 0 Å². The fourth-order valence-electron chi connectivity index (χ4n) is 5.02. The van der Waals surface area contributed by atoms with E-state index in [9.17, 15) is 4.79 Å². The second-order valence-electron chi connectivity index (χ2n) is 10.6. The Balaban J connectivity index is 1.58. The molecule has 222 valence electrons. The van der Waals surface area contributed by atoms with Crippen molar-refractivity contribution >= 4 is 63.5 Å². The molecule has 0 radical (unpaired) electrons. The van der Waals surface area contributed by atoms with Crippen LogP contribution in [0, 0.1) is 13.8 Å². The molecule has 0 aliphatic rings. The van der Waals surface area contributed by atoms with Crippen LogP contribution in [-0.2, 0) is 13.1 Å². The Hall–Kier alpha value is -3.59. The minimum absolute atomic E-state index is 0.230. The number of thioether (sulfide) groups is 2. The zero-order chi connectivity index (χ0) is 30.7. The van der Waals surface area contributed by atoms with Crippen molar-refractivity contribution in [3.63, 3.8) is 0 Å². The summed E-state index contributed by atoms with van der Waals surface area (Å²) in [4.78, 5) is 23.7. The van der Waals surface area contributed by atoms with Gasteiger partial charge in [-0.2, -0.15) is 0 Å². The number of rotatable bonds is 9. The largest absolute Gasteiger partial charge is 0.459 e. The third-order valence-electron chi connectivity index (χ3n) is 7.22. The first-order valence-corrected chi connectivity index (χ1v) is 16.7. The summed E-state index contributed by atoms with van der Waals surface area (Å²) in [5.41, 5.74) is 7.59. The Morgan fingerprint density at radius 1 is 0.930 bits per heavy atom. The SMILES string of the molecule is CSc1cc(C)nc(SC)c1NC(=O)N(Cc1ccc(N(C)C)cc1)Cc1oc2ccc(C)cc2c1-c1ccc(Cl)cc1. The molecule has 2 amide bonds. The summed E-state index contributed by atoms with van der Waals surface area (Å²) in [5, 5.41) is 5.66. The van der Waals surface area contributed by atoms with E-state index in [0.717, 1.165) is 60.2 Å². The van der Waals surface area contributed by atoms with Crippen LogP contribution in [0.25, 0.3) is 22.1 Å². The second kappa shape index (κ2) is 13.4. The first kappa shape index (κ1) is 30.9. The maximum absolute atomic E-state index is 14.2. The molecule has 0 aliphatic heterocycles. The number of furan rings is 1. The summed E-state index contributed by atoms with van der Waals surface area (Å²) in [7, 11) is 4.03. The number of aryl methyl sites for hydroxylation is 2. The number of hydrogen-bond donors (Lipinski definition) is 1. The van der Waals surface area contributed by atoms with Gasteiger partial charge < -0.3 is 19.5 Å². The molecule has 6 nitrogen and oxygen atoms in total. The molecule has 2 aromatic heterocycles. The molecule has 0 spiro atoms. The molecule has 0 atom stereocenters. The molecule has 0 unspecified atom stereocenters. The lowest BCUT2D eigenvalue weighted by Gasteiger charge is -2.25. The number of fused-ring (bicyclic) bond motifs is 1. The van der Waals surface area contributed by atoms with Crippen molar-refractivity contribution in [2.75, 3.05) is 36.8 Å². The standard InChI is InChI=1S/C34H35ClN4O2S2/c1-21-7-16-28-27(17-21)31(24-10-12-25(35)13-11-24)29(41-28)20-39(19-23-8-14-26(15-9-23)38(3)4)34(40)37-32-30(42-5)18-22(2)36-33(32)43-6/h7-18H,19-20H2,1-6H3,(H,37,40). The van der Waals surface area contributed by atoms with Crippen LogP contribution in [0.5, 0.6) is 0 Å². The zero-order valence-electron chi connectivity index (χ0n) is 25.2. The molecule has 9 heteroatoms. The molecule has 0 saturated carbocycles. The van der Waals surface area contributed by atoms with Gasteiger partial charge in [0, 0.05) is 52.9 Å². The fraction of sp³-hybridized carbons (Fsp3) is 0.235. The molecule has 43 heavy (non-hydrogen) atoms. The van der Waals surface area contributed by atoms with E-state index >= 15 is 0 Å². The third-order valence-corrected chi connectivity index (χ3v) is 8.92. The average molecular weight is 631 g/mol. The molecular formula is C34H35ClN4O2S2. The van der Waals surface area contributed by atoms with E-state index in [2.05, 4.69) is 52.5 Å². The number of nitrogens with zero attached hydrogens (tertiary/aromatic N) is 3. The van der Waals surface area contributed by atoms with Gasteiger partial charge in [-0.25, -0.2) is 9.78 Å². The molecule has 2 heterocycles. The van der Waals surface area contributed by atoms with Gasteiger partial charge in [-0.05, 0) is 80.0 Å². The lowest BCUT2D eigenvalue weighted by molar-refractivity contribution is 0.202. The predicted molar refractivity (Wildman–Crippen MR) is 183 cm³/mol.